The van der Waals surface area contributed by atoms with Crippen molar-refractivity contribution < 1.29 is 9.53 Å². The van der Waals surface area contributed by atoms with Crippen LogP contribution in [0.1, 0.15) is 85.0 Å². The Kier molecular flexibility index (Phi) is 5.67. The number of piperidine rings is 1. The zero-order valence-corrected chi connectivity index (χ0v) is 16.6. The van der Waals surface area contributed by atoms with Crippen LogP contribution in [0.15, 0.2) is 0 Å². The number of ether oxygens (including phenoxy) is 1. The van der Waals surface area contributed by atoms with E-state index in [0.29, 0.717) is 0 Å². The van der Waals surface area contributed by atoms with E-state index >= 15 is 0 Å². The average molecular weight is 351 g/mol. The molecule has 1 unspecified atom stereocenters. The molecule has 1 aliphatic heterocycles. The molecule has 4 nitrogen and oxygen atoms in total. The minimum Gasteiger partial charge on any atom is -0.444 e. The van der Waals surface area contributed by atoms with Crippen molar-refractivity contribution in [3.05, 3.63) is 0 Å². The van der Waals surface area contributed by atoms with Crippen molar-refractivity contribution in [2.24, 2.45) is 23.5 Å². The number of nitrogens with two attached hydrogens (primary N) is 1. The van der Waals surface area contributed by atoms with E-state index in [9.17, 15) is 4.79 Å². The van der Waals surface area contributed by atoms with Gasteiger partial charge in [0.1, 0.15) is 5.60 Å². The van der Waals surface area contributed by atoms with Gasteiger partial charge in [0, 0.05) is 18.6 Å². The van der Waals surface area contributed by atoms with Crippen LogP contribution in [0.2, 0.25) is 0 Å². The van der Waals surface area contributed by atoms with Crippen LogP contribution < -0.4 is 5.73 Å². The van der Waals surface area contributed by atoms with Gasteiger partial charge >= 0.3 is 6.09 Å². The van der Waals surface area contributed by atoms with Gasteiger partial charge in [-0.05, 0) is 70.6 Å². The van der Waals surface area contributed by atoms with Crippen molar-refractivity contribution in [2.75, 3.05) is 13.1 Å². The van der Waals surface area contributed by atoms with Crippen LogP contribution in [-0.4, -0.2) is 35.2 Å². The summed E-state index contributed by atoms with van der Waals surface area (Å²) >= 11 is 0. The van der Waals surface area contributed by atoms with Gasteiger partial charge < -0.3 is 15.4 Å². The van der Waals surface area contributed by atoms with Crippen molar-refractivity contribution in [1.29, 1.82) is 0 Å². The van der Waals surface area contributed by atoms with E-state index in [1.165, 1.54) is 51.4 Å². The van der Waals surface area contributed by atoms with Gasteiger partial charge in [0.05, 0.1) is 0 Å². The maximum atomic E-state index is 12.3. The van der Waals surface area contributed by atoms with Crippen LogP contribution in [0.3, 0.4) is 0 Å². The Hall–Kier alpha value is -0.770. The van der Waals surface area contributed by atoms with Crippen LogP contribution >= 0.6 is 0 Å². The standard InChI is InChI=1S/C21H38N2O2/c1-20(2,3)25-19(24)23-13-9-17(10-14-23)18(15-21(22)11-12-21)16-7-5-4-6-8-16/h16-18H,4-15,22H2,1-3H3. The molecule has 0 bridgehead atoms. The Morgan fingerprint density at radius 3 is 2.16 bits per heavy atom. The fourth-order valence-electron chi connectivity index (χ4n) is 4.95. The number of carbonyl (C=O) groups excluding carboxylic acids is 1. The first-order valence-corrected chi connectivity index (χ1v) is 10.5. The lowest BCUT2D eigenvalue weighted by molar-refractivity contribution is 0.0120. The number of nitrogens with zero attached hydrogens (tertiary/aromatic N) is 1. The normalized spacial score (nSPS) is 26.3. The zero-order valence-electron chi connectivity index (χ0n) is 16.6. The van der Waals surface area contributed by atoms with Gasteiger partial charge in [-0.1, -0.05) is 32.1 Å². The Labute approximate surface area is 153 Å². The summed E-state index contributed by atoms with van der Waals surface area (Å²) in [5, 5.41) is 0. The summed E-state index contributed by atoms with van der Waals surface area (Å²) in [5.74, 6) is 2.38. The number of amides is 1. The molecule has 4 heteroatoms. The van der Waals surface area contributed by atoms with Crippen molar-refractivity contribution in [1.82, 2.24) is 4.90 Å². The van der Waals surface area contributed by atoms with Gasteiger partial charge in [-0.3, -0.25) is 0 Å². The molecule has 2 saturated carbocycles. The monoisotopic (exact) mass is 350 g/mol. The van der Waals surface area contributed by atoms with E-state index in [1.54, 1.807) is 0 Å². The molecule has 1 heterocycles. The second-order valence-corrected chi connectivity index (χ2v) is 9.93. The molecular formula is C21H38N2O2. The third kappa shape index (κ3) is 5.35. The number of hydrogen-bond acceptors (Lipinski definition) is 3. The van der Waals surface area contributed by atoms with Crippen molar-refractivity contribution in [3.63, 3.8) is 0 Å². The molecule has 1 atom stereocenters. The van der Waals surface area contributed by atoms with Gasteiger partial charge in [-0.25, -0.2) is 4.79 Å². The lowest BCUT2D eigenvalue weighted by atomic mass is 9.68. The molecule has 3 rings (SSSR count). The lowest BCUT2D eigenvalue weighted by Crippen LogP contribution is -2.44. The number of rotatable bonds is 4. The average Bonchev–Trinajstić information content (AvgIpc) is 3.30. The highest BCUT2D eigenvalue weighted by atomic mass is 16.6. The summed E-state index contributed by atoms with van der Waals surface area (Å²) < 4.78 is 5.55. The summed E-state index contributed by atoms with van der Waals surface area (Å²) in [6.45, 7) is 7.51. The second kappa shape index (κ2) is 7.46. The minimum absolute atomic E-state index is 0.141. The number of carbonyl (C=O) groups is 1. The van der Waals surface area contributed by atoms with Crippen LogP contribution in [0.4, 0.5) is 4.79 Å². The van der Waals surface area contributed by atoms with Crippen molar-refractivity contribution in [3.8, 4) is 0 Å². The lowest BCUT2D eigenvalue weighted by Gasteiger charge is -2.42. The fourth-order valence-corrected chi connectivity index (χ4v) is 4.95. The molecule has 3 fully saturated rings. The summed E-state index contributed by atoms with van der Waals surface area (Å²) in [6.07, 6.45) is 12.7. The first kappa shape index (κ1) is 19.0. The molecule has 25 heavy (non-hydrogen) atoms. The molecule has 0 spiro atoms. The largest absolute Gasteiger partial charge is 0.444 e. The van der Waals surface area contributed by atoms with Crippen LogP contribution in [0.5, 0.6) is 0 Å². The van der Waals surface area contributed by atoms with Gasteiger partial charge in [-0.15, -0.1) is 0 Å². The molecule has 0 aromatic carbocycles. The first-order valence-electron chi connectivity index (χ1n) is 10.5. The first-order chi connectivity index (χ1) is 11.8. The molecule has 0 aromatic rings. The predicted molar refractivity (Wildman–Crippen MR) is 101 cm³/mol. The molecule has 3 aliphatic rings. The summed E-state index contributed by atoms with van der Waals surface area (Å²) in [4.78, 5) is 14.2. The summed E-state index contributed by atoms with van der Waals surface area (Å²) in [5.41, 5.74) is 6.26. The predicted octanol–water partition coefficient (Wildman–Crippen LogP) is 4.71. The van der Waals surface area contributed by atoms with E-state index in [-0.39, 0.29) is 11.6 Å². The van der Waals surface area contributed by atoms with Gasteiger partial charge in [-0.2, -0.15) is 0 Å². The highest BCUT2D eigenvalue weighted by Gasteiger charge is 2.44. The molecule has 0 radical (unpaired) electrons. The van der Waals surface area contributed by atoms with Crippen molar-refractivity contribution in [2.45, 2.75) is 96.1 Å². The highest BCUT2D eigenvalue weighted by molar-refractivity contribution is 5.68. The van der Waals surface area contributed by atoms with E-state index in [1.807, 2.05) is 25.7 Å². The Morgan fingerprint density at radius 2 is 1.64 bits per heavy atom. The minimum atomic E-state index is -0.406. The van der Waals surface area contributed by atoms with E-state index in [0.717, 1.165) is 43.7 Å². The Morgan fingerprint density at radius 1 is 1.08 bits per heavy atom. The SMILES string of the molecule is CC(C)(C)OC(=O)N1CCC(C(CC2(N)CC2)C2CCCCC2)CC1. The van der Waals surface area contributed by atoms with Crippen LogP contribution in [0.25, 0.3) is 0 Å². The Bertz CT molecular complexity index is 453. The molecule has 0 aromatic heterocycles. The molecular weight excluding hydrogens is 312 g/mol. The second-order valence-electron chi connectivity index (χ2n) is 9.93. The number of likely N-dealkylation sites (tertiary alicyclic amines) is 1. The molecule has 1 saturated heterocycles. The topological polar surface area (TPSA) is 55.6 Å². The third-order valence-electron chi connectivity index (χ3n) is 6.59. The molecule has 144 valence electrons. The van der Waals surface area contributed by atoms with E-state index < -0.39 is 5.60 Å². The van der Waals surface area contributed by atoms with E-state index in [2.05, 4.69) is 0 Å². The van der Waals surface area contributed by atoms with Crippen molar-refractivity contribution >= 4 is 6.09 Å². The van der Waals surface area contributed by atoms with Gasteiger partial charge in [0.15, 0.2) is 0 Å². The number of hydrogen-bond donors (Lipinski definition) is 1. The molecule has 2 aliphatic carbocycles. The summed E-state index contributed by atoms with van der Waals surface area (Å²) in [6, 6.07) is 0. The zero-order chi connectivity index (χ0) is 18.1. The van der Waals surface area contributed by atoms with Gasteiger partial charge in [0.25, 0.3) is 0 Å². The third-order valence-corrected chi connectivity index (χ3v) is 6.59. The molecule has 2 N–H and O–H groups in total. The van der Waals surface area contributed by atoms with Crippen LogP contribution in [-0.2, 0) is 4.74 Å². The highest BCUT2D eigenvalue weighted by Crippen LogP contribution is 2.47. The van der Waals surface area contributed by atoms with E-state index in [4.69, 9.17) is 10.5 Å². The maximum absolute atomic E-state index is 12.3. The Balaban J connectivity index is 1.56. The smallest absolute Gasteiger partial charge is 0.410 e. The summed E-state index contributed by atoms with van der Waals surface area (Å²) in [7, 11) is 0. The molecule has 1 amide bonds. The maximum Gasteiger partial charge on any atom is 0.410 e. The van der Waals surface area contributed by atoms with Gasteiger partial charge in [0.2, 0.25) is 0 Å². The van der Waals surface area contributed by atoms with Crippen LogP contribution in [0, 0.1) is 17.8 Å². The quantitative estimate of drug-likeness (QED) is 0.799. The fraction of sp³-hybridized carbons (Fsp3) is 0.952.